The van der Waals surface area contributed by atoms with E-state index in [0.717, 1.165) is 25.4 Å². The second-order valence-electron chi connectivity index (χ2n) is 4.48. The molecule has 2 unspecified atom stereocenters. The zero-order valence-corrected chi connectivity index (χ0v) is 8.79. The van der Waals surface area contributed by atoms with Crippen molar-refractivity contribution in [3.8, 4) is 0 Å². The summed E-state index contributed by atoms with van der Waals surface area (Å²) in [5.41, 5.74) is 0. The smallest absolute Gasteiger partial charge is 0.310 e. The Labute approximate surface area is 85.2 Å². The average Bonchev–Trinajstić information content (AvgIpc) is 2.15. The number of esters is 1. The lowest BCUT2D eigenvalue weighted by Crippen LogP contribution is -2.45. The van der Waals surface area contributed by atoms with Gasteiger partial charge in [-0.15, -0.1) is 0 Å². The van der Waals surface area contributed by atoms with Gasteiger partial charge < -0.3 is 10.1 Å². The van der Waals surface area contributed by atoms with Crippen LogP contribution in [0, 0.1) is 17.8 Å². The van der Waals surface area contributed by atoms with Crippen LogP contribution in [0.3, 0.4) is 0 Å². The standard InChI is InChI=1S/C11H19NO2/c1-14-11(13)10-7-12-6-5-9(10)8-3-2-4-8/h8-10,12H,2-7H2,1H3. The van der Waals surface area contributed by atoms with Gasteiger partial charge in [0.15, 0.2) is 0 Å². The van der Waals surface area contributed by atoms with Crippen molar-refractivity contribution in [1.29, 1.82) is 0 Å². The maximum absolute atomic E-state index is 11.6. The van der Waals surface area contributed by atoms with Crippen LogP contribution >= 0.6 is 0 Å². The van der Waals surface area contributed by atoms with Crippen LogP contribution in [0.5, 0.6) is 0 Å². The number of ether oxygens (including phenoxy) is 1. The molecule has 80 valence electrons. The quantitative estimate of drug-likeness (QED) is 0.676. The van der Waals surface area contributed by atoms with Crippen LogP contribution in [-0.2, 0) is 9.53 Å². The van der Waals surface area contributed by atoms with Crippen LogP contribution in [0.4, 0.5) is 0 Å². The summed E-state index contributed by atoms with van der Waals surface area (Å²) in [4.78, 5) is 11.6. The first-order chi connectivity index (χ1) is 6.83. The molecule has 1 saturated heterocycles. The van der Waals surface area contributed by atoms with Crippen molar-refractivity contribution in [3.05, 3.63) is 0 Å². The Bertz CT molecular complexity index is 213. The third-order valence-corrected chi connectivity index (χ3v) is 3.79. The second-order valence-corrected chi connectivity index (χ2v) is 4.48. The number of carbonyl (C=O) groups excluding carboxylic acids is 1. The van der Waals surface area contributed by atoms with Crippen molar-refractivity contribution in [3.63, 3.8) is 0 Å². The van der Waals surface area contributed by atoms with E-state index >= 15 is 0 Å². The van der Waals surface area contributed by atoms with Crippen LogP contribution in [0.1, 0.15) is 25.7 Å². The van der Waals surface area contributed by atoms with Crippen LogP contribution in [0.2, 0.25) is 0 Å². The summed E-state index contributed by atoms with van der Waals surface area (Å²) in [6.07, 6.45) is 5.13. The van der Waals surface area contributed by atoms with Crippen molar-refractivity contribution in [2.45, 2.75) is 25.7 Å². The molecule has 3 heteroatoms. The largest absolute Gasteiger partial charge is 0.469 e. The number of hydrogen-bond donors (Lipinski definition) is 1. The molecule has 2 aliphatic rings. The molecular formula is C11H19NO2. The van der Waals surface area contributed by atoms with Crippen molar-refractivity contribution >= 4 is 5.97 Å². The van der Waals surface area contributed by atoms with Gasteiger partial charge in [-0.25, -0.2) is 0 Å². The highest BCUT2D eigenvalue weighted by Crippen LogP contribution is 2.40. The Kier molecular flexibility index (Phi) is 3.06. The van der Waals surface area contributed by atoms with Gasteiger partial charge in [0.05, 0.1) is 13.0 Å². The SMILES string of the molecule is COC(=O)C1CNCCC1C1CCC1. The Morgan fingerprint density at radius 2 is 2.14 bits per heavy atom. The molecule has 1 N–H and O–H groups in total. The van der Waals surface area contributed by atoms with E-state index in [-0.39, 0.29) is 11.9 Å². The molecule has 0 aromatic heterocycles. The lowest BCUT2D eigenvalue weighted by atomic mass is 9.68. The number of rotatable bonds is 2. The zero-order chi connectivity index (χ0) is 9.97. The fourth-order valence-electron chi connectivity index (χ4n) is 2.72. The third kappa shape index (κ3) is 1.78. The third-order valence-electron chi connectivity index (χ3n) is 3.79. The van der Waals surface area contributed by atoms with Crippen molar-refractivity contribution in [1.82, 2.24) is 5.32 Å². The summed E-state index contributed by atoms with van der Waals surface area (Å²) in [6.45, 7) is 1.88. The van der Waals surface area contributed by atoms with E-state index in [1.807, 2.05) is 0 Å². The maximum Gasteiger partial charge on any atom is 0.310 e. The summed E-state index contributed by atoms with van der Waals surface area (Å²) in [7, 11) is 1.49. The molecule has 0 amide bonds. The molecular weight excluding hydrogens is 178 g/mol. The minimum Gasteiger partial charge on any atom is -0.469 e. The van der Waals surface area contributed by atoms with Gasteiger partial charge in [0.2, 0.25) is 0 Å². The Hall–Kier alpha value is -0.570. The van der Waals surface area contributed by atoms with Crippen molar-refractivity contribution < 1.29 is 9.53 Å². The Morgan fingerprint density at radius 1 is 1.36 bits per heavy atom. The first-order valence-corrected chi connectivity index (χ1v) is 5.61. The van der Waals surface area contributed by atoms with Crippen LogP contribution < -0.4 is 5.32 Å². The fraction of sp³-hybridized carbons (Fsp3) is 0.909. The number of methoxy groups -OCH3 is 1. The van der Waals surface area contributed by atoms with Crippen LogP contribution in [0.25, 0.3) is 0 Å². The second kappa shape index (κ2) is 4.30. The topological polar surface area (TPSA) is 38.3 Å². The lowest BCUT2D eigenvalue weighted by molar-refractivity contribution is -0.149. The Morgan fingerprint density at radius 3 is 2.71 bits per heavy atom. The molecule has 14 heavy (non-hydrogen) atoms. The van der Waals surface area contributed by atoms with Gasteiger partial charge in [0.1, 0.15) is 0 Å². The maximum atomic E-state index is 11.6. The molecule has 1 saturated carbocycles. The summed E-state index contributed by atoms with van der Waals surface area (Å²) in [5.74, 6) is 1.46. The first kappa shape index (κ1) is 9.97. The van der Waals surface area contributed by atoms with Gasteiger partial charge in [-0.2, -0.15) is 0 Å². The molecule has 0 aromatic rings. The van der Waals surface area contributed by atoms with E-state index in [1.54, 1.807) is 0 Å². The van der Waals surface area contributed by atoms with E-state index in [4.69, 9.17) is 4.74 Å². The number of piperidine rings is 1. The summed E-state index contributed by atoms with van der Waals surface area (Å²) in [5, 5.41) is 3.28. The molecule has 1 aliphatic heterocycles. The van der Waals surface area contributed by atoms with Gasteiger partial charge >= 0.3 is 5.97 Å². The molecule has 2 atom stereocenters. The van der Waals surface area contributed by atoms with Crippen LogP contribution in [-0.4, -0.2) is 26.2 Å². The molecule has 0 radical (unpaired) electrons. The summed E-state index contributed by atoms with van der Waals surface area (Å²) < 4.78 is 4.86. The molecule has 2 fully saturated rings. The molecule has 3 nitrogen and oxygen atoms in total. The van der Waals surface area contributed by atoms with Gasteiger partial charge in [-0.1, -0.05) is 19.3 Å². The van der Waals surface area contributed by atoms with Crippen LogP contribution in [0.15, 0.2) is 0 Å². The van der Waals surface area contributed by atoms with Gasteiger partial charge in [0.25, 0.3) is 0 Å². The Balaban J connectivity index is 1.98. The molecule has 0 spiro atoms. The minimum absolute atomic E-state index is 0.0194. The minimum atomic E-state index is -0.0194. The van der Waals surface area contributed by atoms with E-state index < -0.39 is 0 Å². The van der Waals surface area contributed by atoms with E-state index in [1.165, 1.54) is 26.4 Å². The number of carbonyl (C=O) groups is 1. The fourth-order valence-corrected chi connectivity index (χ4v) is 2.72. The zero-order valence-electron chi connectivity index (χ0n) is 8.79. The molecule has 1 heterocycles. The average molecular weight is 197 g/mol. The molecule has 0 bridgehead atoms. The first-order valence-electron chi connectivity index (χ1n) is 5.61. The molecule has 2 rings (SSSR count). The van der Waals surface area contributed by atoms with E-state index in [0.29, 0.717) is 5.92 Å². The monoisotopic (exact) mass is 197 g/mol. The predicted molar refractivity (Wildman–Crippen MR) is 53.8 cm³/mol. The van der Waals surface area contributed by atoms with E-state index in [2.05, 4.69) is 5.32 Å². The predicted octanol–water partition coefficient (Wildman–Crippen LogP) is 1.19. The number of hydrogen-bond acceptors (Lipinski definition) is 3. The lowest BCUT2D eigenvalue weighted by Gasteiger charge is -2.40. The highest BCUT2D eigenvalue weighted by molar-refractivity contribution is 5.73. The molecule has 0 aromatic carbocycles. The highest BCUT2D eigenvalue weighted by Gasteiger charge is 2.38. The van der Waals surface area contributed by atoms with Gasteiger partial charge in [-0.3, -0.25) is 4.79 Å². The van der Waals surface area contributed by atoms with Crippen molar-refractivity contribution in [2.75, 3.05) is 20.2 Å². The normalized spacial score (nSPS) is 33.5. The van der Waals surface area contributed by atoms with Gasteiger partial charge in [0, 0.05) is 6.54 Å². The highest BCUT2D eigenvalue weighted by atomic mass is 16.5. The van der Waals surface area contributed by atoms with Gasteiger partial charge in [-0.05, 0) is 24.8 Å². The number of nitrogens with one attached hydrogen (secondary N) is 1. The molecule has 1 aliphatic carbocycles. The van der Waals surface area contributed by atoms with Crippen molar-refractivity contribution in [2.24, 2.45) is 17.8 Å². The summed E-state index contributed by atoms with van der Waals surface area (Å²) in [6, 6.07) is 0. The summed E-state index contributed by atoms with van der Waals surface area (Å²) >= 11 is 0. The van der Waals surface area contributed by atoms with E-state index in [9.17, 15) is 4.79 Å².